The molecule has 0 spiro atoms. The molecule has 0 radical (unpaired) electrons. The number of aromatic nitrogens is 2. The summed E-state index contributed by atoms with van der Waals surface area (Å²) in [5.74, 6) is -0.0632. The lowest BCUT2D eigenvalue weighted by Gasteiger charge is -2.29. The van der Waals surface area contributed by atoms with Gasteiger partial charge < -0.3 is 24.1 Å². The highest BCUT2D eigenvalue weighted by atomic mass is 19.1. The molecule has 2 aliphatic heterocycles. The van der Waals surface area contributed by atoms with Gasteiger partial charge in [-0.3, -0.25) is 9.97 Å². The Morgan fingerprint density at radius 2 is 1.40 bits per heavy atom. The summed E-state index contributed by atoms with van der Waals surface area (Å²) in [4.78, 5) is 23.0. The van der Waals surface area contributed by atoms with E-state index in [-0.39, 0.29) is 17.2 Å². The highest BCUT2D eigenvalue weighted by molar-refractivity contribution is 6.10. The Kier molecular flexibility index (Phi) is 10.8. The average Bonchev–Trinajstić information content (AvgIpc) is 3.29. The van der Waals surface area contributed by atoms with Crippen molar-refractivity contribution in [2.45, 2.75) is 91.5 Å². The first-order valence-electron chi connectivity index (χ1n) is 22.6. The van der Waals surface area contributed by atoms with Crippen LogP contribution in [0.15, 0.2) is 91.3 Å². The highest BCUT2D eigenvalue weighted by Gasteiger charge is 2.34. The molecular formula is C56H53FN2O6. The summed E-state index contributed by atoms with van der Waals surface area (Å²) in [5.41, 5.74) is 11.5. The summed E-state index contributed by atoms with van der Waals surface area (Å²) >= 11 is 0. The number of carboxylic acid groups (broad SMARTS) is 1. The van der Waals surface area contributed by atoms with E-state index in [9.17, 15) is 9.90 Å². The lowest BCUT2D eigenvalue weighted by molar-refractivity contribution is -0.160. The van der Waals surface area contributed by atoms with Crippen molar-refractivity contribution in [3.63, 3.8) is 0 Å². The maximum atomic E-state index is 17.1. The fourth-order valence-electron chi connectivity index (χ4n) is 10.5. The van der Waals surface area contributed by atoms with Gasteiger partial charge in [0.05, 0.1) is 36.0 Å². The largest absolute Gasteiger partial charge is 0.493 e. The van der Waals surface area contributed by atoms with E-state index in [4.69, 9.17) is 28.9 Å². The van der Waals surface area contributed by atoms with Crippen molar-refractivity contribution in [2.75, 3.05) is 20.3 Å². The zero-order chi connectivity index (χ0) is 45.3. The van der Waals surface area contributed by atoms with Crippen LogP contribution in [0.4, 0.5) is 4.39 Å². The summed E-state index contributed by atoms with van der Waals surface area (Å²) in [6, 6.07) is 26.9. The Morgan fingerprint density at radius 1 is 0.769 bits per heavy atom. The number of methoxy groups -OCH3 is 1. The third-order valence-electron chi connectivity index (χ3n) is 13.3. The van der Waals surface area contributed by atoms with Crippen LogP contribution in [0.25, 0.3) is 65.6 Å². The van der Waals surface area contributed by atoms with E-state index in [0.29, 0.717) is 53.5 Å². The Morgan fingerprint density at radius 3 is 2.00 bits per heavy atom. The Bertz CT molecular complexity index is 3220. The van der Waals surface area contributed by atoms with Gasteiger partial charge in [0, 0.05) is 65.2 Å². The number of hydrogen-bond donors (Lipinski definition) is 1. The van der Waals surface area contributed by atoms with Crippen LogP contribution >= 0.6 is 0 Å². The smallest absolute Gasteiger partial charge is 0.337 e. The minimum Gasteiger partial charge on any atom is -0.493 e. The van der Waals surface area contributed by atoms with Crippen LogP contribution in [0.3, 0.4) is 0 Å². The van der Waals surface area contributed by atoms with E-state index in [1.165, 1.54) is 11.1 Å². The van der Waals surface area contributed by atoms with Gasteiger partial charge in [0.1, 0.15) is 17.3 Å². The average molecular weight is 869 g/mol. The SMILES string of the molecule is COC(CCCc1ccc2c(-c3ccc4c5c(ccnc35)CCO4)c(C(OC(C)(C)C)C(=O)O)c(C)c(F)c2c1)c1c(C)cc2ccc(C)cc2c1-c1ccc2c3c(ccnc13)CCO2. The second-order valence-electron chi connectivity index (χ2n) is 18.7. The number of aliphatic carboxylic acids is 1. The van der Waals surface area contributed by atoms with E-state index >= 15 is 4.39 Å². The van der Waals surface area contributed by atoms with E-state index in [1.54, 1.807) is 41.0 Å². The molecule has 2 aromatic heterocycles. The standard InChI is InChI=1S/C56H53FN2O6/c1-30-11-13-36-28-31(2)45(50(40(36)27-30)39-16-18-44-48-35(22-26-64-44)20-24-59-53(39)48)42(62-7)10-8-9-33-12-14-37-41(29-33)51(57)32(3)46(54(55(60)61)65-56(4,5)6)49(37)38-15-17-43-47-34(21-25-63-43)19-23-58-52(38)47/h11-20,23-24,27-29,42,54H,8-10,21-22,25-26H2,1-7H3,(H,60,61). The Labute approximate surface area is 378 Å². The molecular weight excluding hydrogens is 816 g/mol. The zero-order valence-corrected chi connectivity index (χ0v) is 38.0. The maximum absolute atomic E-state index is 17.1. The van der Waals surface area contributed by atoms with E-state index in [1.807, 2.05) is 42.6 Å². The minimum atomic E-state index is -1.44. The molecule has 0 saturated carbocycles. The molecule has 10 rings (SSSR count). The number of halogens is 1. The van der Waals surface area contributed by atoms with E-state index in [2.05, 4.69) is 56.3 Å². The number of aryl methyl sites for hydroxylation is 3. The molecule has 0 aliphatic carbocycles. The second-order valence-corrected chi connectivity index (χ2v) is 18.7. The molecule has 0 saturated heterocycles. The summed E-state index contributed by atoms with van der Waals surface area (Å²) in [6.45, 7) is 12.6. The fraction of sp³-hybridized carbons (Fsp3) is 0.304. The van der Waals surface area contributed by atoms with Crippen molar-refractivity contribution in [3.05, 3.63) is 142 Å². The number of carboxylic acids is 1. The summed E-state index contributed by atoms with van der Waals surface area (Å²) in [6.07, 6.45) is 5.70. The minimum absolute atomic E-state index is 0.228. The van der Waals surface area contributed by atoms with Crippen LogP contribution in [0.5, 0.6) is 11.5 Å². The van der Waals surface area contributed by atoms with Crippen molar-refractivity contribution >= 4 is 49.3 Å². The summed E-state index contributed by atoms with van der Waals surface area (Å²) in [7, 11) is 1.78. The van der Waals surface area contributed by atoms with Gasteiger partial charge in [-0.15, -0.1) is 0 Å². The second kappa shape index (κ2) is 16.5. The van der Waals surface area contributed by atoms with Gasteiger partial charge in [0.15, 0.2) is 6.10 Å². The Balaban J connectivity index is 1.06. The Hall–Kier alpha value is -6.42. The molecule has 2 unspecified atom stereocenters. The molecule has 2 aliphatic rings. The quantitative estimate of drug-likeness (QED) is 0.137. The topological polar surface area (TPSA) is 100 Å². The third-order valence-corrected chi connectivity index (χ3v) is 13.3. The van der Waals surface area contributed by atoms with E-state index in [0.717, 1.165) is 91.2 Å². The first-order chi connectivity index (χ1) is 31.3. The van der Waals surface area contributed by atoms with E-state index < -0.39 is 23.5 Å². The number of nitrogens with zero attached hydrogens (tertiary/aromatic N) is 2. The number of carbonyl (C=O) groups is 1. The number of rotatable bonds is 11. The van der Waals surface area contributed by atoms with Crippen LogP contribution in [0.2, 0.25) is 0 Å². The van der Waals surface area contributed by atoms with Gasteiger partial charge in [-0.05, 0) is 164 Å². The van der Waals surface area contributed by atoms with Crippen LogP contribution in [-0.4, -0.2) is 47.0 Å². The molecule has 2 atom stereocenters. The van der Waals surface area contributed by atoms with Crippen molar-refractivity contribution in [2.24, 2.45) is 0 Å². The van der Waals surface area contributed by atoms with Crippen molar-refractivity contribution in [1.29, 1.82) is 0 Å². The van der Waals surface area contributed by atoms with Gasteiger partial charge in [-0.2, -0.15) is 0 Å². The van der Waals surface area contributed by atoms with Gasteiger partial charge in [0.25, 0.3) is 0 Å². The van der Waals surface area contributed by atoms with Gasteiger partial charge >= 0.3 is 5.97 Å². The van der Waals surface area contributed by atoms with Gasteiger partial charge in [0.2, 0.25) is 0 Å². The molecule has 0 fully saturated rings. The molecule has 330 valence electrons. The predicted molar refractivity (Wildman–Crippen MR) is 256 cm³/mol. The molecule has 65 heavy (non-hydrogen) atoms. The van der Waals surface area contributed by atoms with Crippen LogP contribution in [0, 0.1) is 26.6 Å². The lowest BCUT2D eigenvalue weighted by Crippen LogP contribution is -2.28. The van der Waals surface area contributed by atoms with Gasteiger partial charge in [-0.25, -0.2) is 9.18 Å². The molecule has 8 nitrogen and oxygen atoms in total. The summed E-state index contributed by atoms with van der Waals surface area (Å²) in [5, 5.41) is 16.0. The summed E-state index contributed by atoms with van der Waals surface area (Å²) < 4.78 is 42.0. The number of benzene rings is 6. The van der Waals surface area contributed by atoms with Gasteiger partial charge in [-0.1, -0.05) is 42.0 Å². The molecule has 1 N–H and O–H groups in total. The maximum Gasteiger partial charge on any atom is 0.337 e. The predicted octanol–water partition coefficient (Wildman–Crippen LogP) is 13.0. The molecule has 4 heterocycles. The van der Waals surface area contributed by atoms with Crippen molar-refractivity contribution < 1.29 is 33.2 Å². The third kappa shape index (κ3) is 7.44. The fourth-order valence-corrected chi connectivity index (χ4v) is 10.5. The first-order valence-corrected chi connectivity index (χ1v) is 22.6. The van der Waals surface area contributed by atoms with Crippen molar-refractivity contribution in [1.82, 2.24) is 9.97 Å². The lowest BCUT2D eigenvalue weighted by atomic mass is 9.83. The van der Waals surface area contributed by atoms with Crippen molar-refractivity contribution in [3.8, 4) is 33.8 Å². The van der Waals surface area contributed by atoms with Crippen LogP contribution < -0.4 is 9.47 Å². The number of ether oxygens (including phenoxy) is 4. The number of hydrogen-bond acceptors (Lipinski definition) is 7. The molecule has 8 aromatic rings. The van der Waals surface area contributed by atoms with Crippen LogP contribution in [-0.2, 0) is 33.5 Å². The number of pyridine rings is 2. The van der Waals surface area contributed by atoms with Crippen LogP contribution in [0.1, 0.15) is 90.3 Å². The molecule has 0 amide bonds. The monoisotopic (exact) mass is 868 g/mol. The first kappa shape index (κ1) is 42.5. The zero-order valence-electron chi connectivity index (χ0n) is 38.0. The number of fused-ring (bicyclic) bond motifs is 2. The molecule has 6 aromatic carbocycles. The molecule has 0 bridgehead atoms. The molecule has 9 heteroatoms. The normalized spacial score (nSPS) is 14.5. The highest BCUT2D eigenvalue weighted by Crippen LogP contribution is 2.48.